The van der Waals surface area contributed by atoms with E-state index in [1.807, 2.05) is 0 Å². The lowest BCUT2D eigenvalue weighted by molar-refractivity contribution is 0.454. The minimum atomic E-state index is -0.135. The van der Waals surface area contributed by atoms with Gasteiger partial charge in [0.15, 0.2) is 0 Å². The van der Waals surface area contributed by atoms with E-state index in [2.05, 4.69) is 31.9 Å². The summed E-state index contributed by atoms with van der Waals surface area (Å²) in [6.07, 6.45) is 0. The molecule has 0 saturated heterocycles. The molecule has 4 nitrogen and oxygen atoms in total. The fraction of sp³-hybridized carbons (Fsp3) is 0. The quantitative estimate of drug-likeness (QED) is 0.428. The molecule has 2 aromatic rings. The Hall–Kier alpha value is -0.820. The van der Waals surface area contributed by atoms with Crippen molar-refractivity contribution in [3.8, 4) is 23.0 Å². The molecule has 2 aromatic carbocycles. The van der Waals surface area contributed by atoms with Crippen LogP contribution in [0.4, 0.5) is 0 Å². The van der Waals surface area contributed by atoms with Crippen LogP contribution >= 0.6 is 55.1 Å². The smallest absolute Gasteiger partial charge is 0.135 e. The molecular formula is C12H8Br2Cl2O4. The fourth-order valence-corrected chi connectivity index (χ4v) is 2.05. The molecule has 0 fully saturated rings. The maximum absolute atomic E-state index is 9.04. The van der Waals surface area contributed by atoms with E-state index in [-0.39, 0.29) is 33.0 Å². The second-order valence-electron chi connectivity index (χ2n) is 3.46. The van der Waals surface area contributed by atoms with Crippen molar-refractivity contribution in [2.45, 2.75) is 0 Å². The summed E-state index contributed by atoms with van der Waals surface area (Å²) < 4.78 is 0.931. The maximum atomic E-state index is 9.04. The van der Waals surface area contributed by atoms with Crippen molar-refractivity contribution in [1.82, 2.24) is 0 Å². The van der Waals surface area contributed by atoms with Gasteiger partial charge in [-0.3, -0.25) is 0 Å². The molecule has 0 spiro atoms. The van der Waals surface area contributed by atoms with Crippen LogP contribution in [0.2, 0.25) is 10.0 Å². The monoisotopic (exact) mass is 444 g/mol. The third kappa shape index (κ3) is 4.09. The Morgan fingerprint density at radius 3 is 1.15 bits per heavy atom. The third-order valence-electron chi connectivity index (χ3n) is 2.08. The SMILES string of the molecule is Oc1ccc(O)c(Br)c1Br.Oc1ccc(O)c(Cl)c1Cl. The molecule has 0 saturated carbocycles. The van der Waals surface area contributed by atoms with Gasteiger partial charge in [-0.15, -0.1) is 0 Å². The standard InChI is InChI=1S/C6H4Br2O2.C6H4Cl2O2/c2*7-5-3(9)1-2-4(10)6(5)8/h2*1-2,9-10H. The predicted octanol–water partition coefficient (Wildman–Crippen LogP) is 5.03. The number of benzene rings is 2. The van der Waals surface area contributed by atoms with Gasteiger partial charge in [-0.05, 0) is 56.1 Å². The zero-order valence-electron chi connectivity index (χ0n) is 9.61. The molecule has 0 heterocycles. The van der Waals surface area contributed by atoms with Gasteiger partial charge >= 0.3 is 0 Å². The average molecular weight is 447 g/mol. The Balaban J connectivity index is 0.000000200. The Morgan fingerprint density at radius 2 is 0.850 bits per heavy atom. The van der Waals surface area contributed by atoms with E-state index < -0.39 is 0 Å². The first-order valence-electron chi connectivity index (χ1n) is 4.97. The predicted molar refractivity (Wildman–Crippen MR) is 85.0 cm³/mol. The summed E-state index contributed by atoms with van der Waals surface area (Å²) in [5, 5.41) is 35.8. The Morgan fingerprint density at radius 1 is 0.600 bits per heavy atom. The van der Waals surface area contributed by atoms with Crippen LogP contribution in [0.25, 0.3) is 0 Å². The van der Waals surface area contributed by atoms with Gasteiger partial charge in [-0.25, -0.2) is 0 Å². The van der Waals surface area contributed by atoms with E-state index in [9.17, 15) is 0 Å². The normalized spacial score (nSPS) is 9.80. The molecule has 8 heteroatoms. The van der Waals surface area contributed by atoms with E-state index >= 15 is 0 Å². The molecule has 0 aliphatic heterocycles. The molecule has 0 aromatic heterocycles. The summed E-state index contributed by atoms with van der Waals surface area (Å²) in [5.41, 5.74) is 0. The molecule has 0 aliphatic carbocycles. The van der Waals surface area contributed by atoms with Crippen LogP contribution in [0.1, 0.15) is 0 Å². The second kappa shape index (κ2) is 7.26. The van der Waals surface area contributed by atoms with Crippen LogP contribution in [0, 0.1) is 0 Å². The number of aromatic hydroxyl groups is 4. The average Bonchev–Trinajstić information content (AvgIpc) is 2.43. The van der Waals surface area contributed by atoms with Gasteiger partial charge in [0.05, 0.1) is 8.95 Å². The molecule has 20 heavy (non-hydrogen) atoms. The van der Waals surface area contributed by atoms with Crippen LogP contribution in [0.15, 0.2) is 33.2 Å². The fourth-order valence-electron chi connectivity index (χ4n) is 1.06. The lowest BCUT2D eigenvalue weighted by Crippen LogP contribution is -1.72. The molecule has 0 amide bonds. The van der Waals surface area contributed by atoms with E-state index in [1.165, 1.54) is 24.3 Å². The Bertz CT molecular complexity index is 526. The minimum absolute atomic E-state index is 0.0262. The third-order valence-corrected chi connectivity index (χ3v) is 5.08. The zero-order valence-corrected chi connectivity index (χ0v) is 14.3. The number of halogens is 4. The van der Waals surface area contributed by atoms with Crippen LogP contribution in [-0.2, 0) is 0 Å². The topological polar surface area (TPSA) is 80.9 Å². The molecule has 0 atom stereocenters. The molecule has 4 N–H and O–H groups in total. The largest absolute Gasteiger partial charge is 0.507 e. The Labute approximate surface area is 141 Å². The summed E-state index contributed by atoms with van der Waals surface area (Å²) in [6.45, 7) is 0. The Kier molecular flexibility index (Phi) is 6.26. The lowest BCUT2D eigenvalue weighted by atomic mass is 10.3. The summed E-state index contributed by atoms with van der Waals surface area (Å²) in [5.74, 6) is -0.0664. The van der Waals surface area contributed by atoms with Crippen molar-refractivity contribution in [2.75, 3.05) is 0 Å². The summed E-state index contributed by atoms with van der Waals surface area (Å²) in [6, 6.07) is 5.35. The number of hydrogen-bond acceptors (Lipinski definition) is 4. The van der Waals surface area contributed by atoms with Crippen molar-refractivity contribution < 1.29 is 20.4 Å². The van der Waals surface area contributed by atoms with Gasteiger partial charge in [0.1, 0.15) is 33.0 Å². The van der Waals surface area contributed by atoms with Crippen LogP contribution in [-0.4, -0.2) is 20.4 Å². The van der Waals surface area contributed by atoms with Gasteiger partial charge in [0.25, 0.3) is 0 Å². The molecule has 0 aliphatic rings. The van der Waals surface area contributed by atoms with Gasteiger partial charge in [0, 0.05) is 0 Å². The van der Waals surface area contributed by atoms with Crippen LogP contribution in [0.3, 0.4) is 0 Å². The molecule has 0 bridgehead atoms. The lowest BCUT2D eigenvalue weighted by Gasteiger charge is -2.00. The molecule has 0 unspecified atom stereocenters. The number of phenols is 4. The number of rotatable bonds is 0. The number of hydrogen-bond donors (Lipinski definition) is 4. The van der Waals surface area contributed by atoms with Crippen molar-refractivity contribution in [1.29, 1.82) is 0 Å². The first-order chi connectivity index (χ1) is 9.25. The van der Waals surface area contributed by atoms with Gasteiger partial charge in [0.2, 0.25) is 0 Å². The van der Waals surface area contributed by atoms with Crippen molar-refractivity contribution in [2.24, 2.45) is 0 Å². The van der Waals surface area contributed by atoms with E-state index in [0.717, 1.165) is 0 Å². The van der Waals surface area contributed by atoms with Crippen molar-refractivity contribution in [3.63, 3.8) is 0 Å². The summed E-state index contributed by atoms with van der Waals surface area (Å²) in [7, 11) is 0. The van der Waals surface area contributed by atoms with Gasteiger partial charge in [-0.1, -0.05) is 23.2 Å². The van der Waals surface area contributed by atoms with Crippen molar-refractivity contribution >= 4 is 55.1 Å². The maximum Gasteiger partial charge on any atom is 0.135 e. The molecule has 0 radical (unpaired) electrons. The molecule has 108 valence electrons. The highest BCUT2D eigenvalue weighted by Crippen LogP contribution is 2.38. The summed E-state index contributed by atoms with van der Waals surface area (Å²) in [4.78, 5) is 0. The number of phenolic OH excluding ortho intramolecular Hbond substituents is 4. The molecule has 2 rings (SSSR count). The van der Waals surface area contributed by atoms with Crippen LogP contribution < -0.4 is 0 Å². The van der Waals surface area contributed by atoms with Gasteiger partial charge in [-0.2, -0.15) is 0 Å². The highest BCUT2D eigenvalue weighted by Gasteiger charge is 2.07. The molecular weight excluding hydrogens is 439 g/mol. The summed E-state index contributed by atoms with van der Waals surface area (Å²) >= 11 is 17.0. The van der Waals surface area contributed by atoms with Gasteiger partial charge < -0.3 is 20.4 Å². The first kappa shape index (κ1) is 17.2. The van der Waals surface area contributed by atoms with Crippen molar-refractivity contribution in [3.05, 3.63) is 43.3 Å². The second-order valence-corrected chi connectivity index (χ2v) is 5.81. The van der Waals surface area contributed by atoms with Crippen LogP contribution in [0.5, 0.6) is 23.0 Å². The minimum Gasteiger partial charge on any atom is -0.507 e. The van der Waals surface area contributed by atoms with E-state index in [4.69, 9.17) is 43.6 Å². The van der Waals surface area contributed by atoms with E-state index in [0.29, 0.717) is 8.95 Å². The highest BCUT2D eigenvalue weighted by molar-refractivity contribution is 9.13. The first-order valence-corrected chi connectivity index (χ1v) is 7.31. The van der Waals surface area contributed by atoms with E-state index in [1.54, 1.807) is 0 Å². The zero-order chi connectivity index (χ0) is 15.4. The highest BCUT2D eigenvalue weighted by atomic mass is 79.9.